The van der Waals surface area contributed by atoms with Crippen LogP contribution >= 0.6 is 0 Å². The minimum atomic E-state index is 0.0899. The minimum Gasteiger partial charge on any atom is -0.458 e. The van der Waals surface area contributed by atoms with Crippen molar-refractivity contribution in [1.82, 2.24) is 4.57 Å². The van der Waals surface area contributed by atoms with Gasteiger partial charge in [0.05, 0.1) is 11.0 Å². The van der Waals surface area contributed by atoms with E-state index in [0.717, 1.165) is 34.1 Å². The molecule has 0 radical (unpaired) electrons. The zero-order valence-electron chi connectivity index (χ0n) is 18.2. The highest BCUT2D eigenvalue weighted by Gasteiger charge is 2.39. The molecule has 8 rings (SSSR count). The molecule has 0 atom stereocenters. The van der Waals surface area contributed by atoms with Gasteiger partial charge in [-0.1, -0.05) is 66.7 Å². The Balaban J connectivity index is 1.39. The number of nitrogens with zero attached hydrogens (tertiary/aromatic N) is 1. The molecule has 0 bridgehead atoms. The third-order valence-electron chi connectivity index (χ3n) is 7.13. The van der Waals surface area contributed by atoms with E-state index in [9.17, 15) is 0 Å². The highest BCUT2D eigenvalue weighted by atomic mass is 16.5. The fraction of sp³-hybridized carbons (Fsp3) is 0. The van der Waals surface area contributed by atoms with Crippen molar-refractivity contribution in [2.75, 3.05) is 0 Å². The number of fused-ring (bicyclic) bond motifs is 7. The second-order valence-electron chi connectivity index (χ2n) is 8.93. The van der Waals surface area contributed by atoms with Crippen molar-refractivity contribution < 1.29 is 9.47 Å². The van der Waals surface area contributed by atoms with Crippen LogP contribution in [0.25, 0.3) is 27.5 Å². The molecule has 34 heavy (non-hydrogen) atoms. The minimum absolute atomic E-state index is 0.0899. The Kier molecular flexibility index (Phi) is 3.48. The van der Waals surface area contributed by atoms with E-state index in [-0.39, 0.29) is 6.71 Å². The summed E-state index contributed by atoms with van der Waals surface area (Å²) in [5.41, 5.74) is 6.93. The fourth-order valence-electron chi connectivity index (χ4n) is 5.70. The van der Waals surface area contributed by atoms with E-state index >= 15 is 0 Å². The quantitative estimate of drug-likeness (QED) is 0.318. The van der Waals surface area contributed by atoms with Crippen molar-refractivity contribution >= 4 is 44.9 Å². The van der Waals surface area contributed by atoms with Gasteiger partial charge in [-0.15, -0.1) is 0 Å². The van der Waals surface area contributed by atoms with Crippen molar-refractivity contribution in [2.24, 2.45) is 0 Å². The molecule has 0 spiro atoms. The van der Waals surface area contributed by atoms with Crippen LogP contribution in [0.4, 0.5) is 0 Å². The molecule has 0 N–H and O–H groups in total. The standard InChI is InChI=1S/C30H18BNO2/c1-4-11-24-20(8-1)21-9-2-5-12-25(21)32(24)19-16-17-23-29(18-19)34-28-15-7-14-27-30(28)31(23)22-10-3-6-13-26(22)33-27/h1-18H. The van der Waals surface area contributed by atoms with Crippen LogP contribution in [0.3, 0.4) is 0 Å². The first kappa shape index (κ1) is 18.0. The van der Waals surface area contributed by atoms with Gasteiger partial charge in [-0.3, -0.25) is 0 Å². The van der Waals surface area contributed by atoms with Crippen molar-refractivity contribution in [3.63, 3.8) is 0 Å². The number of ether oxygens (including phenoxy) is 2. The fourth-order valence-corrected chi connectivity index (χ4v) is 5.70. The van der Waals surface area contributed by atoms with E-state index in [1.807, 2.05) is 30.3 Å². The van der Waals surface area contributed by atoms with Crippen molar-refractivity contribution in [2.45, 2.75) is 0 Å². The number of hydrogen-bond donors (Lipinski definition) is 0. The van der Waals surface area contributed by atoms with Crippen LogP contribution in [0.15, 0.2) is 109 Å². The van der Waals surface area contributed by atoms with Crippen LogP contribution in [0.2, 0.25) is 0 Å². The molecule has 0 fully saturated rings. The summed E-state index contributed by atoms with van der Waals surface area (Å²) in [6, 6.07) is 38.2. The Morgan fingerprint density at radius 3 is 1.85 bits per heavy atom. The molecule has 0 saturated heterocycles. The van der Waals surface area contributed by atoms with E-state index in [0.29, 0.717) is 0 Å². The second kappa shape index (κ2) is 6.55. The first-order chi connectivity index (χ1) is 16.9. The number of para-hydroxylation sites is 3. The molecule has 0 unspecified atom stereocenters. The van der Waals surface area contributed by atoms with Crippen molar-refractivity contribution in [3.8, 4) is 28.7 Å². The Labute approximate surface area is 196 Å². The van der Waals surface area contributed by atoms with Gasteiger partial charge in [-0.05, 0) is 47.3 Å². The van der Waals surface area contributed by atoms with Gasteiger partial charge in [-0.2, -0.15) is 0 Å². The number of hydrogen-bond acceptors (Lipinski definition) is 2. The zero-order chi connectivity index (χ0) is 22.2. The molecular weight excluding hydrogens is 417 g/mol. The average Bonchev–Trinajstić information content (AvgIpc) is 3.23. The van der Waals surface area contributed by atoms with Crippen molar-refractivity contribution in [1.29, 1.82) is 0 Å². The maximum absolute atomic E-state index is 6.51. The SMILES string of the molecule is c1ccc2c(c1)Oc1cccc3c1B2c1ccc(-n2c4ccccc4c4ccccc42)cc1O3. The van der Waals surface area contributed by atoms with Gasteiger partial charge in [0.1, 0.15) is 23.0 Å². The molecular formula is C30H18BNO2. The molecule has 1 aromatic heterocycles. The Hall–Kier alpha value is -4.44. The van der Waals surface area contributed by atoms with Gasteiger partial charge < -0.3 is 14.0 Å². The predicted molar refractivity (Wildman–Crippen MR) is 138 cm³/mol. The van der Waals surface area contributed by atoms with Gasteiger partial charge in [0.2, 0.25) is 0 Å². The lowest BCUT2D eigenvalue weighted by molar-refractivity contribution is 0.464. The monoisotopic (exact) mass is 435 g/mol. The number of benzene rings is 5. The first-order valence-electron chi connectivity index (χ1n) is 11.6. The van der Waals surface area contributed by atoms with E-state index in [1.165, 1.54) is 32.7 Å². The van der Waals surface area contributed by atoms with Crippen LogP contribution in [-0.4, -0.2) is 11.3 Å². The lowest BCUT2D eigenvalue weighted by Crippen LogP contribution is -2.57. The molecule has 6 aromatic rings. The van der Waals surface area contributed by atoms with E-state index < -0.39 is 0 Å². The van der Waals surface area contributed by atoms with Crippen LogP contribution in [0, 0.1) is 0 Å². The molecule has 2 aliphatic rings. The molecule has 0 saturated carbocycles. The Bertz CT molecular complexity index is 1730. The van der Waals surface area contributed by atoms with E-state index in [4.69, 9.17) is 9.47 Å². The summed E-state index contributed by atoms with van der Waals surface area (Å²) >= 11 is 0. The van der Waals surface area contributed by atoms with Crippen LogP contribution < -0.4 is 25.9 Å². The van der Waals surface area contributed by atoms with Gasteiger partial charge in [0, 0.05) is 28.0 Å². The lowest BCUT2D eigenvalue weighted by atomic mass is 9.35. The van der Waals surface area contributed by atoms with Crippen molar-refractivity contribution in [3.05, 3.63) is 109 Å². The number of rotatable bonds is 1. The molecule has 0 amide bonds. The summed E-state index contributed by atoms with van der Waals surface area (Å²) in [5.74, 6) is 3.55. The maximum atomic E-state index is 6.51. The Morgan fingerprint density at radius 1 is 0.500 bits per heavy atom. The summed E-state index contributed by atoms with van der Waals surface area (Å²) < 4.78 is 15.1. The predicted octanol–water partition coefficient (Wildman–Crippen LogP) is 5.51. The summed E-state index contributed by atoms with van der Waals surface area (Å²) in [6.07, 6.45) is 0. The second-order valence-corrected chi connectivity index (χ2v) is 8.93. The molecule has 3 nitrogen and oxygen atoms in total. The smallest absolute Gasteiger partial charge is 0.260 e. The molecule has 3 heterocycles. The van der Waals surface area contributed by atoms with Crippen LogP contribution in [-0.2, 0) is 0 Å². The zero-order valence-corrected chi connectivity index (χ0v) is 18.2. The normalized spacial score (nSPS) is 13.1. The maximum Gasteiger partial charge on any atom is 0.260 e. The molecule has 2 aliphatic heterocycles. The third-order valence-corrected chi connectivity index (χ3v) is 7.13. The number of aromatic nitrogens is 1. The summed E-state index contributed by atoms with van der Waals surface area (Å²) in [6.45, 7) is 0.0899. The largest absolute Gasteiger partial charge is 0.458 e. The molecule has 5 aromatic carbocycles. The third kappa shape index (κ3) is 2.32. The highest BCUT2D eigenvalue weighted by Crippen LogP contribution is 2.36. The van der Waals surface area contributed by atoms with E-state index in [2.05, 4.69) is 83.4 Å². The van der Waals surface area contributed by atoms with E-state index in [1.54, 1.807) is 0 Å². The van der Waals surface area contributed by atoms with Crippen LogP contribution in [0.1, 0.15) is 0 Å². The topological polar surface area (TPSA) is 23.4 Å². The summed E-state index contributed by atoms with van der Waals surface area (Å²) in [4.78, 5) is 0. The summed E-state index contributed by atoms with van der Waals surface area (Å²) in [5, 5.41) is 2.51. The first-order valence-corrected chi connectivity index (χ1v) is 11.6. The van der Waals surface area contributed by atoms with Crippen LogP contribution in [0.5, 0.6) is 23.0 Å². The van der Waals surface area contributed by atoms with Gasteiger partial charge in [0.25, 0.3) is 6.71 Å². The lowest BCUT2D eigenvalue weighted by Gasteiger charge is -2.33. The molecule has 158 valence electrons. The summed E-state index contributed by atoms with van der Waals surface area (Å²) in [7, 11) is 0. The average molecular weight is 435 g/mol. The highest BCUT2D eigenvalue weighted by molar-refractivity contribution is 6.98. The van der Waals surface area contributed by atoms with Gasteiger partial charge >= 0.3 is 0 Å². The Morgan fingerprint density at radius 2 is 1.09 bits per heavy atom. The van der Waals surface area contributed by atoms with Gasteiger partial charge in [-0.25, -0.2) is 0 Å². The molecule has 0 aliphatic carbocycles. The van der Waals surface area contributed by atoms with Gasteiger partial charge in [0.15, 0.2) is 0 Å². The molecule has 4 heteroatoms.